The standard InChI is InChI=1S/C12H14Cl2N2O2/c1-18-4-2-3-9-12(17)16-11-6-8(14)7(13)5-10(11)15-9/h5-6,9,15H,2-4H2,1H3,(H,16,17). The molecule has 0 spiro atoms. The van der Waals surface area contributed by atoms with E-state index in [-0.39, 0.29) is 11.9 Å². The molecule has 1 unspecified atom stereocenters. The number of anilines is 2. The summed E-state index contributed by atoms with van der Waals surface area (Å²) in [7, 11) is 1.64. The topological polar surface area (TPSA) is 50.4 Å². The van der Waals surface area contributed by atoms with Crippen LogP contribution in [-0.2, 0) is 9.53 Å². The third-order valence-corrected chi connectivity index (χ3v) is 3.53. The number of rotatable bonds is 4. The number of fused-ring (bicyclic) bond motifs is 1. The van der Waals surface area contributed by atoms with Gasteiger partial charge in [-0.05, 0) is 25.0 Å². The fraction of sp³-hybridized carbons (Fsp3) is 0.417. The van der Waals surface area contributed by atoms with Gasteiger partial charge >= 0.3 is 0 Å². The number of benzene rings is 1. The van der Waals surface area contributed by atoms with Gasteiger partial charge in [-0.25, -0.2) is 0 Å². The van der Waals surface area contributed by atoms with Gasteiger partial charge in [0.25, 0.3) is 0 Å². The Hall–Kier alpha value is -0.970. The van der Waals surface area contributed by atoms with Gasteiger partial charge in [0.2, 0.25) is 5.91 Å². The maximum Gasteiger partial charge on any atom is 0.246 e. The maximum atomic E-state index is 11.9. The SMILES string of the molecule is COCCCC1Nc2cc(Cl)c(Cl)cc2NC1=O. The highest BCUT2D eigenvalue weighted by atomic mass is 35.5. The van der Waals surface area contributed by atoms with Crippen molar-refractivity contribution in [3.8, 4) is 0 Å². The van der Waals surface area contributed by atoms with Gasteiger partial charge in [-0.1, -0.05) is 23.2 Å². The second-order valence-corrected chi connectivity index (χ2v) is 4.95. The maximum absolute atomic E-state index is 11.9. The molecular weight excluding hydrogens is 275 g/mol. The van der Waals surface area contributed by atoms with Gasteiger partial charge < -0.3 is 15.4 Å². The van der Waals surface area contributed by atoms with Gasteiger partial charge in [0.15, 0.2) is 0 Å². The number of hydrogen-bond donors (Lipinski definition) is 2. The van der Waals surface area contributed by atoms with Gasteiger partial charge in [-0.15, -0.1) is 0 Å². The first-order valence-electron chi connectivity index (χ1n) is 5.67. The van der Waals surface area contributed by atoms with E-state index in [1.54, 1.807) is 19.2 Å². The molecule has 0 fully saturated rings. The summed E-state index contributed by atoms with van der Waals surface area (Å²) in [6.07, 6.45) is 1.53. The normalized spacial score (nSPS) is 17.9. The molecule has 0 radical (unpaired) electrons. The summed E-state index contributed by atoms with van der Waals surface area (Å²) in [6.45, 7) is 0.639. The van der Waals surface area contributed by atoms with Crippen molar-refractivity contribution >= 4 is 40.5 Å². The minimum Gasteiger partial charge on any atom is -0.385 e. The molecule has 0 aromatic heterocycles. The highest BCUT2D eigenvalue weighted by Gasteiger charge is 2.25. The molecule has 4 nitrogen and oxygen atoms in total. The molecule has 0 saturated heterocycles. The fourth-order valence-electron chi connectivity index (χ4n) is 1.88. The van der Waals surface area contributed by atoms with E-state index in [2.05, 4.69) is 10.6 Å². The van der Waals surface area contributed by atoms with Crippen LogP contribution in [0.5, 0.6) is 0 Å². The quantitative estimate of drug-likeness (QED) is 0.837. The summed E-state index contributed by atoms with van der Waals surface area (Å²) in [5.41, 5.74) is 1.46. The molecule has 2 rings (SSSR count). The Morgan fingerprint density at radius 1 is 1.28 bits per heavy atom. The van der Waals surface area contributed by atoms with Crippen molar-refractivity contribution in [2.24, 2.45) is 0 Å². The lowest BCUT2D eigenvalue weighted by Gasteiger charge is -2.27. The highest BCUT2D eigenvalue weighted by Crippen LogP contribution is 2.35. The van der Waals surface area contributed by atoms with E-state index in [0.717, 1.165) is 12.1 Å². The number of halogens is 2. The van der Waals surface area contributed by atoms with Crippen LogP contribution >= 0.6 is 23.2 Å². The molecule has 1 atom stereocenters. The summed E-state index contributed by atoms with van der Waals surface area (Å²) in [4.78, 5) is 11.9. The lowest BCUT2D eigenvalue weighted by atomic mass is 10.1. The summed E-state index contributed by atoms with van der Waals surface area (Å²) in [6, 6.07) is 3.11. The molecule has 1 aromatic rings. The van der Waals surface area contributed by atoms with E-state index in [1.165, 1.54) is 0 Å². The van der Waals surface area contributed by atoms with E-state index in [4.69, 9.17) is 27.9 Å². The number of carbonyl (C=O) groups is 1. The second kappa shape index (κ2) is 5.78. The van der Waals surface area contributed by atoms with Crippen molar-refractivity contribution in [3.63, 3.8) is 0 Å². The van der Waals surface area contributed by atoms with Crippen molar-refractivity contribution in [2.45, 2.75) is 18.9 Å². The minimum absolute atomic E-state index is 0.0583. The van der Waals surface area contributed by atoms with Gasteiger partial charge in [-0.2, -0.15) is 0 Å². The molecule has 1 heterocycles. The Morgan fingerprint density at radius 2 is 1.94 bits per heavy atom. The average molecular weight is 289 g/mol. The fourth-order valence-corrected chi connectivity index (χ4v) is 2.21. The van der Waals surface area contributed by atoms with Crippen molar-refractivity contribution in [1.29, 1.82) is 0 Å². The Kier molecular flexibility index (Phi) is 4.32. The first-order valence-corrected chi connectivity index (χ1v) is 6.43. The zero-order valence-electron chi connectivity index (χ0n) is 9.93. The molecule has 98 valence electrons. The largest absolute Gasteiger partial charge is 0.385 e. The van der Waals surface area contributed by atoms with Crippen molar-refractivity contribution in [2.75, 3.05) is 24.4 Å². The Bertz CT molecular complexity index is 466. The van der Waals surface area contributed by atoms with E-state index in [0.29, 0.717) is 28.8 Å². The number of methoxy groups -OCH3 is 1. The van der Waals surface area contributed by atoms with Crippen molar-refractivity contribution in [3.05, 3.63) is 22.2 Å². The van der Waals surface area contributed by atoms with Crippen molar-refractivity contribution in [1.82, 2.24) is 0 Å². The smallest absolute Gasteiger partial charge is 0.246 e. The predicted octanol–water partition coefficient (Wildman–Crippen LogP) is 3.15. The molecule has 0 aliphatic carbocycles. The molecule has 1 amide bonds. The van der Waals surface area contributed by atoms with Crippen LogP contribution in [0.25, 0.3) is 0 Å². The molecule has 0 saturated carbocycles. The van der Waals surface area contributed by atoms with Crippen LogP contribution in [0, 0.1) is 0 Å². The number of ether oxygens (including phenoxy) is 1. The van der Waals surface area contributed by atoms with Crippen LogP contribution in [0.2, 0.25) is 10.0 Å². The van der Waals surface area contributed by atoms with Gasteiger partial charge in [0.05, 0.1) is 21.4 Å². The van der Waals surface area contributed by atoms with Crippen LogP contribution in [0.15, 0.2) is 12.1 Å². The zero-order chi connectivity index (χ0) is 13.1. The molecule has 1 aliphatic rings. The Morgan fingerprint density at radius 3 is 2.61 bits per heavy atom. The number of carbonyl (C=O) groups excluding carboxylic acids is 1. The Labute approximate surface area is 116 Å². The number of nitrogens with one attached hydrogen (secondary N) is 2. The third kappa shape index (κ3) is 2.88. The molecule has 1 aromatic carbocycles. The molecule has 1 aliphatic heterocycles. The second-order valence-electron chi connectivity index (χ2n) is 4.13. The van der Waals surface area contributed by atoms with E-state index < -0.39 is 0 Å². The summed E-state index contributed by atoms with van der Waals surface area (Å²) in [5, 5.41) is 6.88. The summed E-state index contributed by atoms with van der Waals surface area (Å²) < 4.78 is 4.97. The molecular formula is C12H14Cl2N2O2. The van der Waals surface area contributed by atoms with Crippen molar-refractivity contribution < 1.29 is 9.53 Å². The van der Waals surface area contributed by atoms with Gasteiger partial charge in [0.1, 0.15) is 6.04 Å². The molecule has 0 bridgehead atoms. The summed E-state index contributed by atoms with van der Waals surface area (Å²) in [5.74, 6) is -0.0583. The average Bonchev–Trinajstić information content (AvgIpc) is 2.33. The Balaban J connectivity index is 2.12. The lowest BCUT2D eigenvalue weighted by molar-refractivity contribution is -0.117. The van der Waals surface area contributed by atoms with E-state index in [9.17, 15) is 4.79 Å². The highest BCUT2D eigenvalue weighted by molar-refractivity contribution is 6.42. The van der Waals surface area contributed by atoms with Gasteiger partial charge in [-0.3, -0.25) is 4.79 Å². The lowest BCUT2D eigenvalue weighted by Crippen LogP contribution is -2.38. The monoisotopic (exact) mass is 288 g/mol. The van der Waals surface area contributed by atoms with Gasteiger partial charge in [0, 0.05) is 13.7 Å². The van der Waals surface area contributed by atoms with E-state index >= 15 is 0 Å². The van der Waals surface area contributed by atoms with Crippen LogP contribution in [0.1, 0.15) is 12.8 Å². The van der Waals surface area contributed by atoms with Crippen LogP contribution in [0.3, 0.4) is 0 Å². The number of amides is 1. The van der Waals surface area contributed by atoms with Crippen LogP contribution in [-0.4, -0.2) is 25.7 Å². The van der Waals surface area contributed by atoms with Crippen LogP contribution in [0.4, 0.5) is 11.4 Å². The van der Waals surface area contributed by atoms with E-state index in [1.807, 2.05) is 0 Å². The summed E-state index contributed by atoms with van der Waals surface area (Å²) >= 11 is 11.9. The molecule has 6 heteroatoms. The minimum atomic E-state index is -0.259. The first kappa shape index (κ1) is 13.5. The van der Waals surface area contributed by atoms with Crippen LogP contribution < -0.4 is 10.6 Å². The predicted molar refractivity (Wildman–Crippen MR) is 73.6 cm³/mol. The molecule has 2 N–H and O–H groups in total. The molecule has 18 heavy (non-hydrogen) atoms. The zero-order valence-corrected chi connectivity index (χ0v) is 11.4. The number of hydrogen-bond acceptors (Lipinski definition) is 3. The third-order valence-electron chi connectivity index (χ3n) is 2.81. The first-order chi connectivity index (χ1) is 8.61.